The lowest BCUT2D eigenvalue weighted by atomic mass is 9.96. The second-order valence-electron chi connectivity index (χ2n) is 8.02. The third-order valence-electron chi connectivity index (χ3n) is 6.22. The van der Waals surface area contributed by atoms with Gasteiger partial charge in [-0.1, -0.05) is 29.8 Å². The van der Waals surface area contributed by atoms with Gasteiger partial charge in [0.2, 0.25) is 0 Å². The highest BCUT2D eigenvalue weighted by molar-refractivity contribution is 9.10. The van der Waals surface area contributed by atoms with Crippen LogP contribution in [0.3, 0.4) is 0 Å². The summed E-state index contributed by atoms with van der Waals surface area (Å²) in [5, 5.41) is 5.01. The normalized spacial score (nSPS) is 13.8. The van der Waals surface area contributed by atoms with Crippen molar-refractivity contribution < 1.29 is 0 Å². The molecule has 0 bridgehead atoms. The topological polar surface area (TPSA) is 33.4 Å². The van der Waals surface area contributed by atoms with Crippen molar-refractivity contribution in [2.75, 3.05) is 11.4 Å². The molecular formula is C23H29BrN4. The van der Waals surface area contributed by atoms with Gasteiger partial charge in [0.05, 0.1) is 11.3 Å². The van der Waals surface area contributed by atoms with Crippen molar-refractivity contribution in [1.29, 1.82) is 0 Å². The number of fused-ring (bicyclic) bond motifs is 3. The van der Waals surface area contributed by atoms with Crippen LogP contribution in [0.2, 0.25) is 0 Å². The average molecular weight is 441 g/mol. The predicted molar refractivity (Wildman–Crippen MR) is 120 cm³/mol. The minimum atomic E-state index is 0.551. The van der Waals surface area contributed by atoms with Crippen LogP contribution in [-0.2, 0) is 6.42 Å². The number of nitrogens with zero attached hydrogens (tertiary/aromatic N) is 4. The lowest BCUT2D eigenvalue weighted by Gasteiger charge is -2.28. The zero-order valence-electron chi connectivity index (χ0n) is 17.7. The summed E-state index contributed by atoms with van der Waals surface area (Å²) < 4.78 is 3.24. The fraction of sp³-hybridized carbons (Fsp3) is 0.478. The van der Waals surface area contributed by atoms with Crippen LogP contribution in [0.15, 0.2) is 16.6 Å². The third kappa shape index (κ3) is 2.86. The number of hydrogen-bond donors (Lipinski definition) is 0. The summed E-state index contributed by atoms with van der Waals surface area (Å²) in [6, 6.07) is 4.92. The molecular weight excluding hydrogens is 412 g/mol. The van der Waals surface area contributed by atoms with Gasteiger partial charge >= 0.3 is 0 Å². The first kappa shape index (κ1) is 19.4. The van der Waals surface area contributed by atoms with Gasteiger partial charge in [-0.05, 0) is 75.8 Å². The Kier molecular flexibility index (Phi) is 4.98. The van der Waals surface area contributed by atoms with E-state index < -0.39 is 0 Å². The molecule has 1 aromatic carbocycles. The zero-order valence-corrected chi connectivity index (χ0v) is 19.3. The second kappa shape index (κ2) is 7.18. The molecule has 1 aliphatic heterocycles. The van der Waals surface area contributed by atoms with E-state index in [0.29, 0.717) is 6.04 Å². The van der Waals surface area contributed by atoms with E-state index in [4.69, 9.17) is 10.1 Å². The first-order valence-electron chi connectivity index (χ1n) is 10.3. The summed E-state index contributed by atoms with van der Waals surface area (Å²) in [6.07, 6.45) is 3.36. The molecule has 0 atom stereocenters. The van der Waals surface area contributed by atoms with Gasteiger partial charge in [-0.3, -0.25) is 0 Å². The fourth-order valence-corrected chi connectivity index (χ4v) is 5.58. The number of aromatic nitrogens is 3. The number of hydrogen-bond acceptors (Lipinski definition) is 3. The molecule has 0 unspecified atom stereocenters. The molecule has 3 heterocycles. The van der Waals surface area contributed by atoms with Crippen LogP contribution in [0.4, 0.5) is 5.82 Å². The molecule has 0 saturated heterocycles. The molecule has 3 aromatic rings. The number of rotatable bonds is 4. The lowest BCUT2D eigenvalue weighted by Crippen LogP contribution is -2.34. The van der Waals surface area contributed by atoms with Crippen LogP contribution in [0.5, 0.6) is 0 Å². The van der Waals surface area contributed by atoms with Gasteiger partial charge in [-0.15, -0.1) is 0 Å². The molecule has 0 fully saturated rings. The molecule has 2 aromatic heterocycles. The molecule has 0 spiro atoms. The van der Waals surface area contributed by atoms with E-state index in [1.807, 2.05) is 0 Å². The maximum Gasteiger partial charge on any atom is 0.165 e. The molecule has 1 aliphatic rings. The Morgan fingerprint density at radius 2 is 1.64 bits per heavy atom. The minimum Gasteiger partial charge on any atom is -0.353 e. The first-order valence-corrected chi connectivity index (χ1v) is 11.1. The monoisotopic (exact) mass is 440 g/mol. The summed E-state index contributed by atoms with van der Waals surface area (Å²) in [4.78, 5) is 7.62. The Balaban J connectivity index is 2.02. The van der Waals surface area contributed by atoms with E-state index >= 15 is 0 Å². The van der Waals surface area contributed by atoms with Gasteiger partial charge in [-0.2, -0.15) is 9.61 Å². The number of aryl methyl sites for hydroxylation is 4. The summed E-state index contributed by atoms with van der Waals surface area (Å²) in [5.74, 6) is 1.26. The number of halogens is 1. The van der Waals surface area contributed by atoms with Gasteiger partial charge in [0.25, 0.3) is 0 Å². The van der Waals surface area contributed by atoms with Gasteiger partial charge in [-0.25, -0.2) is 4.98 Å². The van der Waals surface area contributed by atoms with Crippen LogP contribution in [0, 0.1) is 27.7 Å². The van der Waals surface area contributed by atoms with Gasteiger partial charge in [0, 0.05) is 28.3 Å². The third-order valence-corrected chi connectivity index (χ3v) is 6.68. The van der Waals surface area contributed by atoms with E-state index in [-0.39, 0.29) is 0 Å². The molecule has 0 saturated carbocycles. The Bertz CT molecular complexity index is 1040. The van der Waals surface area contributed by atoms with Crippen LogP contribution >= 0.6 is 15.9 Å². The van der Waals surface area contributed by atoms with Gasteiger partial charge in [0.15, 0.2) is 5.65 Å². The van der Waals surface area contributed by atoms with E-state index in [0.717, 1.165) is 47.3 Å². The van der Waals surface area contributed by atoms with Gasteiger partial charge < -0.3 is 4.90 Å². The Morgan fingerprint density at radius 3 is 2.25 bits per heavy atom. The fourth-order valence-electron chi connectivity index (χ4n) is 4.89. The predicted octanol–water partition coefficient (Wildman–Crippen LogP) is 5.94. The van der Waals surface area contributed by atoms with Crippen molar-refractivity contribution in [1.82, 2.24) is 14.6 Å². The molecule has 0 radical (unpaired) electrons. The highest BCUT2D eigenvalue weighted by Gasteiger charge is 2.31. The van der Waals surface area contributed by atoms with E-state index in [1.54, 1.807) is 0 Å². The first-order chi connectivity index (χ1) is 13.4. The largest absolute Gasteiger partial charge is 0.353 e. The zero-order chi connectivity index (χ0) is 20.2. The van der Waals surface area contributed by atoms with E-state index in [2.05, 4.69) is 79.0 Å². The molecule has 5 heteroatoms. The maximum absolute atomic E-state index is 5.06. The molecule has 0 N–H and O–H groups in total. The molecule has 4 rings (SSSR count). The van der Waals surface area contributed by atoms with Crippen LogP contribution in [0.25, 0.3) is 16.8 Å². The van der Waals surface area contributed by atoms with Crippen LogP contribution in [0.1, 0.15) is 54.8 Å². The smallest absolute Gasteiger partial charge is 0.165 e. The van der Waals surface area contributed by atoms with E-state index in [9.17, 15) is 0 Å². The Hall–Kier alpha value is -1.88. The van der Waals surface area contributed by atoms with Crippen LogP contribution < -0.4 is 4.90 Å². The number of benzene rings is 1. The molecule has 28 heavy (non-hydrogen) atoms. The lowest BCUT2D eigenvalue weighted by molar-refractivity contribution is 0.563. The SMILES string of the molecule is CCC(CC)N1CCc2c(C)nc3c(-c4c(C)cc(Br)cc4C)c(C)nn3c21. The van der Waals surface area contributed by atoms with Crippen molar-refractivity contribution in [3.8, 4) is 11.1 Å². The highest BCUT2D eigenvalue weighted by Crippen LogP contribution is 2.39. The minimum absolute atomic E-state index is 0.551. The van der Waals surface area contributed by atoms with Crippen molar-refractivity contribution in [2.24, 2.45) is 0 Å². The molecule has 148 valence electrons. The Morgan fingerprint density at radius 1 is 1.00 bits per heavy atom. The van der Waals surface area contributed by atoms with E-state index in [1.165, 1.54) is 33.6 Å². The summed E-state index contributed by atoms with van der Waals surface area (Å²) in [5.41, 5.74) is 9.47. The summed E-state index contributed by atoms with van der Waals surface area (Å²) in [6.45, 7) is 14.2. The van der Waals surface area contributed by atoms with Crippen LogP contribution in [-0.4, -0.2) is 27.2 Å². The van der Waals surface area contributed by atoms with Crippen molar-refractivity contribution in [2.45, 2.75) is 66.8 Å². The average Bonchev–Trinajstić information content (AvgIpc) is 3.19. The van der Waals surface area contributed by atoms with Crippen molar-refractivity contribution >= 4 is 27.4 Å². The number of anilines is 1. The Labute approximate surface area is 176 Å². The summed E-state index contributed by atoms with van der Waals surface area (Å²) in [7, 11) is 0. The van der Waals surface area contributed by atoms with Crippen molar-refractivity contribution in [3.05, 3.63) is 44.7 Å². The second-order valence-corrected chi connectivity index (χ2v) is 8.94. The quantitative estimate of drug-likeness (QED) is 0.502. The van der Waals surface area contributed by atoms with Gasteiger partial charge in [0.1, 0.15) is 5.82 Å². The molecule has 0 aliphatic carbocycles. The van der Waals surface area contributed by atoms with Crippen molar-refractivity contribution in [3.63, 3.8) is 0 Å². The highest BCUT2D eigenvalue weighted by atomic mass is 79.9. The molecule has 4 nitrogen and oxygen atoms in total. The maximum atomic E-state index is 5.06. The molecule has 0 amide bonds. The standard InChI is InChI=1S/C23H29BrN4/c1-7-18(8-2)27-10-9-19-15(5)25-22-21(16(6)26-28(22)23(19)27)20-13(3)11-17(24)12-14(20)4/h11-12,18H,7-10H2,1-6H3. The summed E-state index contributed by atoms with van der Waals surface area (Å²) >= 11 is 3.63.